The van der Waals surface area contributed by atoms with Crippen molar-refractivity contribution in [1.82, 2.24) is 25.5 Å². The maximum atomic E-state index is 14.1. The summed E-state index contributed by atoms with van der Waals surface area (Å²) in [6.07, 6.45) is 4.91. The molecule has 4 aromatic rings. The second-order valence-corrected chi connectivity index (χ2v) is 11.9. The number of fused-ring (bicyclic) bond motifs is 1. The number of ether oxygens (including phenoxy) is 1. The van der Waals surface area contributed by atoms with E-state index in [-0.39, 0.29) is 24.3 Å². The SMILES string of the molecule is CC(C)(C)OC(=O)N[C@@H](Cc1c[nH]c2ccccc12)C(=O)N1CCCC1C(=O)N[C@@H](Cc1ccccn1)c1ccccc1. The van der Waals surface area contributed by atoms with Crippen molar-refractivity contribution in [3.8, 4) is 0 Å². The Morgan fingerprint density at radius 2 is 1.72 bits per heavy atom. The quantitative estimate of drug-likeness (QED) is 0.255. The van der Waals surface area contributed by atoms with Crippen molar-refractivity contribution in [2.45, 2.75) is 70.2 Å². The smallest absolute Gasteiger partial charge is 0.408 e. The molecule has 0 radical (unpaired) electrons. The summed E-state index contributed by atoms with van der Waals surface area (Å²) < 4.78 is 5.51. The van der Waals surface area contributed by atoms with Gasteiger partial charge in [0.2, 0.25) is 11.8 Å². The van der Waals surface area contributed by atoms with Gasteiger partial charge in [-0.05, 0) is 62.9 Å². The van der Waals surface area contributed by atoms with Gasteiger partial charge in [-0.25, -0.2) is 4.79 Å². The molecule has 9 nitrogen and oxygen atoms in total. The van der Waals surface area contributed by atoms with E-state index in [1.54, 1.807) is 31.9 Å². The Kier molecular flexibility index (Phi) is 9.09. The van der Waals surface area contributed by atoms with E-state index in [4.69, 9.17) is 4.74 Å². The van der Waals surface area contributed by atoms with Crippen LogP contribution in [0, 0.1) is 0 Å². The van der Waals surface area contributed by atoms with Crippen LogP contribution in [0.2, 0.25) is 0 Å². The zero-order chi connectivity index (χ0) is 30.4. The third kappa shape index (κ3) is 7.60. The number of nitrogens with one attached hydrogen (secondary N) is 3. The number of nitrogens with zero attached hydrogens (tertiary/aromatic N) is 2. The summed E-state index contributed by atoms with van der Waals surface area (Å²) in [5.74, 6) is -0.534. The maximum Gasteiger partial charge on any atom is 0.408 e. The zero-order valence-corrected chi connectivity index (χ0v) is 24.9. The molecular weight excluding hydrogens is 542 g/mol. The molecule has 2 aromatic carbocycles. The molecule has 0 aliphatic carbocycles. The van der Waals surface area contributed by atoms with E-state index in [2.05, 4.69) is 20.6 Å². The number of carbonyl (C=O) groups is 3. The Labute approximate surface area is 252 Å². The maximum absolute atomic E-state index is 14.1. The number of aromatic nitrogens is 2. The molecule has 3 amide bonds. The molecule has 224 valence electrons. The van der Waals surface area contributed by atoms with Crippen molar-refractivity contribution < 1.29 is 19.1 Å². The zero-order valence-electron chi connectivity index (χ0n) is 24.9. The lowest BCUT2D eigenvalue weighted by molar-refractivity contribution is -0.140. The van der Waals surface area contributed by atoms with Gasteiger partial charge in [-0.1, -0.05) is 54.6 Å². The standard InChI is InChI=1S/C34H39N5O4/c1-34(2,3)43-33(42)38-29(20-24-22-36-27-16-8-7-15-26(24)27)32(41)39-19-11-17-30(39)31(40)37-28(23-12-5-4-6-13-23)21-25-14-9-10-18-35-25/h4-10,12-16,18,22,28-30,36H,11,17,19-21H2,1-3H3,(H,37,40)(H,38,42)/t28-,29-,30?/m0/s1. The number of alkyl carbamates (subject to hydrolysis) is 1. The first-order valence-electron chi connectivity index (χ1n) is 14.8. The molecule has 1 unspecified atom stereocenters. The fourth-order valence-corrected chi connectivity index (χ4v) is 5.61. The number of aromatic amines is 1. The van der Waals surface area contributed by atoms with Crippen LogP contribution in [-0.2, 0) is 27.2 Å². The molecule has 3 heterocycles. The molecular formula is C34H39N5O4. The lowest BCUT2D eigenvalue weighted by atomic mass is 10.0. The average molecular weight is 582 g/mol. The molecule has 1 aliphatic rings. The van der Waals surface area contributed by atoms with Gasteiger partial charge < -0.3 is 25.3 Å². The van der Waals surface area contributed by atoms with Gasteiger partial charge in [-0.3, -0.25) is 14.6 Å². The number of pyridine rings is 1. The molecule has 1 fully saturated rings. The molecule has 3 atom stereocenters. The highest BCUT2D eigenvalue weighted by Crippen LogP contribution is 2.25. The van der Waals surface area contributed by atoms with E-state index in [0.29, 0.717) is 25.8 Å². The number of hydrogen-bond donors (Lipinski definition) is 3. The van der Waals surface area contributed by atoms with Crippen LogP contribution in [0.3, 0.4) is 0 Å². The van der Waals surface area contributed by atoms with Gasteiger partial charge >= 0.3 is 6.09 Å². The van der Waals surface area contributed by atoms with Gasteiger partial charge in [0, 0.05) is 48.4 Å². The first kappa shape index (κ1) is 29.8. The minimum absolute atomic E-state index is 0.223. The molecule has 43 heavy (non-hydrogen) atoms. The average Bonchev–Trinajstić information content (AvgIpc) is 3.64. The number of amides is 3. The van der Waals surface area contributed by atoms with Crippen LogP contribution in [-0.4, -0.2) is 57.0 Å². The van der Waals surface area contributed by atoms with Crippen LogP contribution in [0.5, 0.6) is 0 Å². The van der Waals surface area contributed by atoms with Crippen LogP contribution in [0.25, 0.3) is 10.9 Å². The van der Waals surface area contributed by atoms with Crippen molar-refractivity contribution >= 4 is 28.8 Å². The summed E-state index contributed by atoms with van der Waals surface area (Å²) in [5, 5.41) is 6.98. The molecule has 0 bridgehead atoms. The van der Waals surface area contributed by atoms with E-state index in [9.17, 15) is 14.4 Å². The first-order valence-corrected chi connectivity index (χ1v) is 14.8. The fraction of sp³-hybridized carbons (Fsp3) is 0.353. The fourth-order valence-electron chi connectivity index (χ4n) is 5.61. The lowest BCUT2D eigenvalue weighted by Crippen LogP contribution is -2.55. The molecule has 0 saturated carbocycles. The Balaban J connectivity index is 1.36. The largest absolute Gasteiger partial charge is 0.444 e. The highest BCUT2D eigenvalue weighted by molar-refractivity contribution is 5.93. The van der Waals surface area contributed by atoms with Gasteiger partial charge in [-0.15, -0.1) is 0 Å². The summed E-state index contributed by atoms with van der Waals surface area (Å²) in [6, 6.07) is 21.4. The van der Waals surface area contributed by atoms with Gasteiger partial charge in [0.25, 0.3) is 0 Å². The van der Waals surface area contributed by atoms with Gasteiger partial charge in [-0.2, -0.15) is 0 Å². The molecule has 2 aromatic heterocycles. The van der Waals surface area contributed by atoms with Crippen LogP contribution in [0.1, 0.15) is 56.5 Å². The minimum atomic E-state index is -0.916. The number of hydrogen-bond acceptors (Lipinski definition) is 5. The van der Waals surface area contributed by atoms with Gasteiger partial charge in [0.15, 0.2) is 0 Å². The number of H-pyrrole nitrogens is 1. The van der Waals surface area contributed by atoms with Crippen molar-refractivity contribution in [2.75, 3.05) is 6.54 Å². The first-order chi connectivity index (χ1) is 20.7. The molecule has 5 rings (SSSR count). The van der Waals surface area contributed by atoms with E-state index >= 15 is 0 Å². The van der Waals surface area contributed by atoms with Crippen molar-refractivity contribution in [1.29, 1.82) is 0 Å². The normalized spacial score (nSPS) is 16.4. The molecule has 3 N–H and O–H groups in total. The Hall–Kier alpha value is -4.66. The van der Waals surface area contributed by atoms with Crippen LogP contribution >= 0.6 is 0 Å². The van der Waals surface area contributed by atoms with Crippen LogP contribution in [0.4, 0.5) is 4.79 Å². The van der Waals surface area contributed by atoms with E-state index in [1.807, 2.05) is 79.0 Å². The number of benzene rings is 2. The summed E-state index contributed by atoms with van der Waals surface area (Å²) in [6.45, 7) is 5.75. The van der Waals surface area contributed by atoms with Gasteiger partial charge in [0.1, 0.15) is 17.7 Å². The molecule has 1 aliphatic heterocycles. The number of para-hydroxylation sites is 1. The van der Waals surface area contributed by atoms with E-state index < -0.39 is 23.8 Å². The third-order valence-electron chi connectivity index (χ3n) is 7.58. The Bertz CT molecular complexity index is 1550. The monoisotopic (exact) mass is 581 g/mol. The predicted molar refractivity (Wildman–Crippen MR) is 165 cm³/mol. The molecule has 9 heteroatoms. The summed E-state index contributed by atoms with van der Waals surface area (Å²) in [7, 11) is 0. The van der Waals surface area contributed by atoms with Crippen molar-refractivity contribution in [2.24, 2.45) is 0 Å². The summed E-state index contributed by atoms with van der Waals surface area (Å²) >= 11 is 0. The predicted octanol–water partition coefficient (Wildman–Crippen LogP) is 5.09. The summed E-state index contributed by atoms with van der Waals surface area (Å²) in [4.78, 5) is 50.1. The second kappa shape index (κ2) is 13.1. The second-order valence-electron chi connectivity index (χ2n) is 11.9. The minimum Gasteiger partial charge on any atom is -0.444 e. The molecule has 1 saturated heterocycles. The van der Waals surface area contributed by atoms with Gasteiger partial charge in [0.05, 0.1) is 6.04 Å². The summed E-state index contributed by atoms with van der Waals surface area (Å²) in [5.41, 5.74) is 2.93. The van der Waals surface area contributed by atoms with Crippen LogP contribution < -0.4 is 10.6 Å². The van der Waals surface area contributed by atoms with Crippen molar-refractivity contribution in [3.05, 3.63) is 102 Å². The third-order valence-corrected chi connectivity index (χ3v) is 7.58. The van der Waals surface area contributed by atoms with E-state index in [0.717, 1.165) is 27.7 Å². The highest BCUT2D eigenvalue weighted by atomic mass is 16.6. The topological polar surface area (TPSA) is 116 Å². The lowest BCUT2D eigenvalue weighted by Gasteiger charge is -2.30. The van der Waals surface area contributed by atoms with E-state index in [1.165, 1.54) is 0 Å². The molecule has 0 spiro atoms. The number of likely N-dealkylation sites (tertiary alicyclic amines) is 1. The highest BCUT2D eigenvalue weighted by Gasteiger charge is 2.39. The van der Waals surface area contributed by atoms with Crippen LogP contribution in [0.15, 0.2) is 85.2 Å². The number of carbonyl (C=O) groups excluding carboxylic acids is 3. The van der Waals surface area contributed by atoms with Crippen molar-refractivity contribution in [3.63, 3.8) is 0 Å². The Morgan fingerprint density at radius 1 is 0.977 bits per heavy atom. The number of rotatable bonds is 9. The Morgan fingerprint density at radius 3 is 2.47 bits per heavy atom.